The van der Waals surface area contributed by atoms with E-state index in [1.807, 2.05) is 38.5 Å². The Labute approximate surface area is 664 Å². The van der Waals surface area contributed by atoms with E-state index in [9.17, 15) is 115 Å². The van der Waals surface area contributed by atoms with Gasteiger partial charge in [0.2, 0.25) is 0 Å². The number of rotatable bonds is 9. The van der Waals surface area contributed by atoms with Gasteiger partial charge in [-0.1, -0.05) is 44.6 Å². The number of likely N-dealkylation sites (tertiary alicyclic amines) is 4. The van der Waals surface area contributed by atoms with Gasteiger partial charge in [0, 0.05) is 69.4 Å². The maximum atomic E-state index is 13.3. The number of β-amino-alcohol motifs (C(OH)–C–C–N with tert-alkyl or cyclic N) is 1. The van der Waals surface area contributed by atoms with Crippen LogP contribution in [0.5, 0.6) is 0 Å². The van der Waals surface area contributed by atoms with E-state index in [0.717, 1.165) is 27.2 Å². The lowest BCUT2D eigenvalue weighted by Crippen LogP contribution is -2.44. The average Bonchev–Trinajstić information content (AvgIpc) is 0.989. The molecule has 7 atom stereocenters. The summed E-state index contributed by atoms with van der Waals surface area (Å²) < 4.78 is 201. The van der Waals surface area contributed by atoms with E-state index >= 15 is 0 Å². The third-order valence-electron chi connectivity index (χ3n) is 14.3. The molecular formula is C69H115ClF14N10O17S2. The number of amides is 4. The van der Waals surface area contributed by atoms with Gasteiger partial charge in [0.25, 0.3) is 23.7 Å². The number of halogens is 15. The minimum atomic E-state index is -5.77. The zero-order valence-electron chi connectivity index (χ0n) is 61.5. The van der Waals surface area contributed by atoms with Crippen LogP contribution in [0.15, 0.2) is 10.8 Å². The number of ether oxygens (including phenoxy) is 6. The smallest absolute Gasteiger partial charge is 0.458 e. The van der Waals surface area contributed by atoms with Gasteiger partial charge in [0.1, 0.15) is 40.5 Å². The second-order valence-electron chi connectivity index (χ2n) is 28.5. The van der Waals surface area contributed by atoms with Crippen LogP contribution in [0.4, 0.5) is 90.9 Å². The number of nitrogens with zero attached hydrogens (tertiary/aromatic N) is 6. The molecule has 4 amide bonds. The topological polar surface area (TPSA) is 333 Å². The third-order valence-corrected chi connectivity index (χ3v) is 16.3. The number of aromatic nitrogens is 2. The molecule has 0 unspecified atom stereocenters. The number of nitrogens with one attached hydrogen (secondary N) is 4. The molecule has 6 fully saturated rings. The SMILES string of the molecule is C.C.C.C.C.C.CC(C)(C)OC(=O)N1CC(F)(F)C[C@@H]1C(=O)CCl.CNc1nc([C@H]2CC(F)(F)CN2)cs1.CNc1nc([C@H]2CC(F)(F)CN2)cs1.COC(=O)[C@H]1CC(F)(F)CN1C(=O)OC(C)(C)C.COC(=O)[C@H]1C[C@@H](O)CN1C(=O)OC(C)(C)C.C[C@H]1CC(=O)CN1C(=O)OC(C)(C)C.O=C(C(=O)C(F)(F)F)C(F)(F)F. The zero-order chi connectivity index (χ0) is 82.9. The Hall–Kier alpha value is -7.25. The molecule has 8 heterocycles. The second kappa shape index (κ2) is 45.9. The lowest BCUT2D eigenvalue weighted by atomic mass is 10.1. The second-order valence-corrected chi connectivity index (χ2v) is 30.5. The van der Waals surface area contributed by atoms with Gasteiger partial charge in [-0.2, -0.15) is 26.3 Å². The molecule has 2 aromatic heterocycles. The largest absolute Gasteiger partial charge is 0.467 e. The molecule has 0 bridgehead atoms. The fraction of sp³-hybridized carbons (Fsp3) is 0.768. The van der Waals surface area contributed by atoms with E-state index in [4.69, 9.17) is 30.5 Å². The minimum Gasteiger partial charge on any atom is -0.467 e. The van der Waals surface area contributed by atoms with E-state index in [1.54, 1.807) is 76.4 Å². The van der Waals surface area contributed by atoms with E-state index < -0.39 is 168 Å². The monoisotopic (exact) mass is 1720 g/mol. The van der Waals surface area contributed by atoms with Crippen LogP contribution in [-0.4, -0.2) is 256 Å². The van der Waals surface area contributed by atoms with E-state index in [-0.39, 0.29) is 114 Å². The number of aliphatic hydroxyl groups is 1. The van der Waals surface area contributed by atoms with E-state index in [2.05, 4.69) is 40.7 Å². The van der Waals surface area contributed by atoms with Gasteiger partial charge in [-0.3, -0.25) is 38.8 Å². The first-order valence-electron chi connectivity index (χ1n) is 32.3. The van der Waals surface area contributed by atoms with Crippen LogP contribution in [0.2, 0.25) is 0 Å². The van der Waals surface area contributed by atoms with Crippen LogP contribution in [0.3, 0.4) is 0 Å². The van der Waals surface area contributed by atoms with Crippen molar-refractivity contribution >= 4 is 104 Å². The predicted molar refractivity (Wildman–Crippen MR) is 398 cm³/mol. The molecule has 8 rings (SSSR count). The number of anilines is 2. The number of thiazole rings is 2. The number of alkyl halides is 15. The number of hydrogen-bond acceptors (Lipinski definition) is 25. The van der Waals surface area contributed by atoms with E-state index in [1.165, 1.54) is 39.6 Å². The van der Waals surface area contributed by atoms with Crippen LogP contribution in [0.25, 0.3) is 0 Å². The number of ketones is 4. The molecule has 44 heteroatoms. The summed E-state index contributed by atoms with van der Waals surface area (Å²) in [7, 11) is 5.87. The Morgan fingerprint density at radius 2 is 0.850 bits per heavy atom. The van der Waals surface area contributed by atoms with Crippen molar-refractivity contribution in [1.82, 2.24) is 40.2 Å². The van der Waals surface area contributed by atoms with Crippen molar-refractivity contribution in [2.75, 3.05) is 84.1 Å². The van der Waals surface area contributed by atoms with Crippen LogP contribution in [0.1, 0.15) is 197 Å². The highest BCUT2D eigenvalue weighted by molar-refractivity contribution is 7.14. The van der Waals surface area contributed by atoms with Crippen molar-refractivity contribution in [3.63, 3.8) is 0 Å². The zero-order valence-corrected chi connectivity index (χ0v) is 63.9. The van der Waals surface area contributed by atoms with Gasteiger partial charge in [-0.05, 0) is 90.0 Å². The summed E-state index contributed by atoms with van der Waals surface area (Å²) >= 11 is 8.21. The van der Waals surface area contributed by atoms with Gasteiger partial charge < -0.3 is 54.8 Å². The Kier molecular flexibility index (Phi) is 46.4. The average molecular weight is 1720 g/mol. The number of aliphatic hydroxyl groups excluding tert-OH is 1. The fourth-order valence-corrected chi connectivity index (χ4v) is 11.4. The van der Waals surface area contributed by atoms with Crippen molar-refractivity contribution in [3.05, 3.63) is 22.1 Å². The molecule has 6 aliphatic rings. The third kappa shape index (κ3) is 39.8. The summed E-state index contributed by atoms with van der Waals surface area (Å²) in [6.45, 7) is 20.4. The van der Waals surface area contributed by atoms with Crippen molar-refractivity contribution < 1.29 is 143 Å². The van der Waals surface area contributed by atoms with Crippen LogP contribution in [-0.2, 0) is 57.2 Å². The maximum absolute atomic E-state index is 13.3. The van der Waals surface area contributed by atoms with Gasteiger partial charge >= 0.3 is 60.2 Å². The molecule has 0 radical (unpaired) electrons. The molecule has 0 aromatic carbocycles. The highest BCUT2D eigenvalue weighted by atomic mass is 35.5. The van der Waals surface area contributed by atoms with Gasteiger partial charge in [-0.25, -0.2) is 73.9 Å². The Morgan fingerprint density at radius 3 is 1.12 bits per heavy atom. The van der Waals surface area contributed by atoms with Gasteiger partial charge in [-0.15, -0.1) is 34.3 Å². The summed E-state index contributed by atoms with van der Waals surface area (Å²) in [5.41, 5.74) is -1.33. The maximum Gasteiger partial charge on any atom is 0.458 e. The molecule has 0 spiro atoms. The summed E-state index contributed by atoms with van der Waals surface area (Å²) in [5.74, 6) is -20.5. The fourth-order valence-electron chi connectivity index (χ4n) is 9.72. The number of carbonyl (C=O) groups is 10. The minimum absolute atomic E-state index is 0. The highest BCUT2D eigenvalue weighted by Crippen LogP contribution is 2.39. The van der Waals surface area contributed by atoms with Gasteiger partial charge in [0.15, 0.2) is 21.8 Å². The first kappa shape index (κ1) is 114. The number of Topliss-reactive ketones (excluding diaryl/α,β-unsaturated/α-hetero) is 4. The molecular weight excluding hydrogens is 1610 g/mol. The Balaban J connectivity index is -0.000000399. The molecule has 0 aliphatic carbocycles. The Bertz CT molecular complexity index is 3210. The molecule has 113 heavy (non-hydrogen) atoms. The first-order valence-corrected chi connectivity index (χ1v) is 34.6. The van der Waals surface area contributed by atoms with E-state index in [0.29, 0.717) is 17.8 Å². The molecule has 6 aliphatic heterocycles. The van der Waals surface area contributed by atoms with Crippen molar-refractivity contribution in [3.8, 4) is 0 Å². The van der Waals surface area contributed by atoms with Crippen LogP contribution < -0.4 is 21.3 Å². The van der Waals surface area contributed by atoms with Gasteiger partial charge in [0.05, 0.1) is 88.9 Å². The predicted octanol–water partition coefficient (Wildman–Crippen LogP) is 15.1. The first-order chi connectivity index (χ1) is 48.4. The highest BCUT2D eigenvalue weighted by Gasteiger charge is 2.55. The lowest BCUT2D eigenvalue weighted by molar-refractivity contribution is -0.193. The summed E-state index contributed by atoms with van der Waals surface area (Å²) in [4.78, 5) is 124. The standard InChI is InChI=1S/C11H16ClF2NO3.C11H17F2NO4.C11H19NO5.C10H17NO3.2C8H11F2N3S.C4F6O2.6CH4/c1-10(2,3)18-9(17)15-6-11(13,14)4-7(15)8(16)5-12;1-10(2,3)18-9(16)14-6-11(12,13)5-7(14)8(15)17-4;1-11(2,3)17-10(15)12-6-7(13)5-8(12)9(14)16-4;1-7-5-8(12)6-11(7)9(13)14-10(2,3)4;2*1-11-7-13-6(3-14-7)5-2-8(9,10)4-12-5;5-3(6,7)1(11)2(12)4(8,9)10;;;;;;/h7H,4-6H2,1-3H3;7H,5-6H2,1-4H3;7-8,13H,5-6H2,1-4H3;7H,5-6H2,1-4H3;2*3,5,12H,2,4H2,1H3,(H,11,13);;6*1H4/t2*7-;7-,8-;7-;2*5-;;;;;;;/m111011......./s1. The summed E-state index contributed by atoms with van der Waals surface area (Å²) in [6.07, 6.45) is -16.2. The summed E-state index contributed by atoms with van der Waals surface area (Å²) in [5, 5.41) is 25.9. The molecule has 660 valence electrons. The van der Waals surface area contributed by atoms with Crippen LogP contribution >= 0.6 is 34.3 Å². The lowest BCUT2D eigenvalue weighted by Gasteiger charge is -2.27. The molecule has 27 nitrogen and oxygen atoms in total. The van der Waals surface area contributed by atoms with Crippen molar-refractivity contribution in [2.24, 2.45) is 0 Å². The number of hydrogen-bond donors (Lipinski definition) is 5. The molecule has 0 saturated carbocycles. The van der Waals surface area contributed by atoms with Crippen LogP contribution in [0, 0.1) is 0 Å². The molecule has 5 N–H and O–H groups in total. The summed E-state index contributed by atoms with van der Waals surface area (Å²) in [6, 6.07) is -3.89. The molecule has 6 saturated heterocycles. The number of methoxy groups -OCH3 is 2. The number of carbonyl (C=O) groups excluding carboxylic acids is 10. The normalized spacial score (nSPS) is 21.4. The van der Waals surface area contributed by atoms with Crippen molar-refractivity contribution in [2.45, 2.75) is 274 Å². The molecule has 2 aromatic rings. The quantitative estimate of drug-likeness (QED) is 0.0512. The Morgan fingerprint density at radius 1 is 0.531 bits per heavy atom. The van der Waals surface area contributed by atoms with Crippen molar-refractivity contribution in [1.29, 1.82) is 0 Å². The number of esters is 2.